The van der Waals surface area contributed by atoms with Gasteiger partial charge in [-0.1, -0.05) is 43.1 Å². The van der Waals surface area contributed by atoms with Gasteiger partial charge in [-0.05, 0) is 25.0 Å². The van der Waals surface area contributed by atoms with Crippen LogP contribution in [0.1, 0.15) is 32.3 Å². The Hall–Kier alpha value is -1.26. The minimum absolute atomic E-state index is 0.0923. The lowest BCUT2D eigenvalue weighted by Crippen LogP contribution is -2.48. The van der Waals surface area contributed by atoms with Gasteiger partial charge in [-0.2, -0.15) is 0 Å². The molecule has 0 unspecified atom stereocenters. The summed E-state index contributed by atoms with van der Waals surface area (Å²) in [6, 6.07) is 4.33. The molecular formula is C14H18Cl2N2O2. The maximum absolute atomic E-state index is 12.2. The van der Waals surface area contributed by atoms with E-state index in [9.17, 15) is 9.59 Å². The Labute approximate surface area is 128 Å². The Bertz CT molecular complexity index is 498. The normalized spacial score (nSPS) is 13.9. The molecule has 0 heterocycles. The van der Waals surface area contributed by atoms with Crippen molar-refractivity contribution in [3.63, 3.8) is 0 Å². The highest BCUT2D eigenvalue weighted by Crippen LogP contribution is 2.31. The molecule has 4 nitrogen and oxygen atoms in total. The van der Waals surface area contributed by atoms with E-state index < -0.39 is 17.9 Å². The van der Waals surface area contributed by atoms with E-state index in [4.69, 9.17) is 28.9 Å². The molecule has 1 rings (SSSR count). The molecule has 6 heteroatoms. The summed E-state index contributed by atoms with van der Waals surface area (Å²) >= 11 is 12.1. The molecule has 0 radical (unpaired) electrons. The minimum atomic E-state index is -0.716. The summed E-state index contributed by atoms with van der Waals surface area (Å²) in [6.45, 7) is 5.30. The maximum atomic E-state index is 12.2. The number of halogens is 2. The molecule has 0 aliphatic heterocycles. The predicted molar refractivity (Wildman–Crippen MR) is 80.8 cm³/mol. The zero-order chi connectivity index (χ0) is 15.4. The highest BCUT2D eigenvalue weighted by Gasteiger charge is 2.26. The van der Waals surface area contributed by atoms with E-state index >= 15 is 0 Å². The lowest BCUT2D eigenvalue weighted by molar-refractivity contribution is -0.129. The van der Waals surface area contributed by atoms with Crippen LogP contribution in [0.5, 0.6) is 0 Å². The van der Waals surface area contributed by atoms with Gasteiger partial charge in [0.1, 0.15) is 6.04 Å². The van der Waals surface area contributed by atoms with E-state index in [1.165, 1.54) is 0 Å². The zero-order valence-electron chi connectivity index (χ0n) is 11.6. The van der Waals surface area contributed by atoms with Crippen LogP contribution < -0.4 is 11.1 Å². The Kier molecular flexibility index (Phi) is 5.84. The molecule has 0 saturated carbocycles. The van der Waals surface area contributed by atoms with Crippen molar-refractivity contribution >= 4 is 35.0 Å². The molecular weight excluding hydrogens is 299 g/mol. The van der Waals surface area contributed by atoms with Crippen molar-refractivity contribution in [2.75, 3.05) is 0 Å². The van der Waals surface area contributed by atoms with Crippen LogP contribution >= 0.6 is 23.2 Å². The zero-order valence-corrected chi connectivity index (χ0v) is 13.1. The number of nitrogens with two attached hydrogens (primary N) is 1. The van der Waals surface area contributed by atoms with Crippen LogP contribution in [0, 0.1) is 5.92 Å². The van der Waals surface area contributed by atoms with Gasteiger partial charge in [-0.25, -0.2) is 0 Å². The highest BCUT2D eigenvalue weighted by atomic mass is 35.5. The molecule has 1 aromatic carbocycles. The molecule has 2 amide bonds. The molecule has 0 aliphatic carbocycles. The fourth-order valence-corrected chi connectivity index (χ4v) is 2.62. The van der Waals surface area contributed by atoms with E-state index in [1.54, 1.807) is 25.1 Å². The van der Waals surface area contributed by atoms with Crippen molar-refractivity contribution in [1.82, 2.24) is 5.32 Å². The van der Waals surface area contributed by atoms with Crippen LogP contribution in [0.15, 0.2) is 18.2 Å². The van der Waals surface area contributed by atoms with E-state index in [0.717, 1.165) is 0 Å². The number of benzene rings is 1. The largest absolute Gasteiger partial charge is 0.368 e. The average Bonchev–Trinajstić information content (AvgIpc) is 2.34. The van der Waals surface area contributed by atoms with Gasteiger partial charge in [0.25, 0.3) is 0 Å². The molecule has 0 aromatic heterocycles. The number of primary amides is 1. The smallest absolute Gasteiger partial charge is 0.240 e. The average molecular weight is 317 g/mol. The molecule has 0 bridgehead atoms. The van der Waals surface area contributed by atoms with E-state index in [1.807, 2.05) is 13.8 Å². The topological polar surface area (TPSA) is 72.2 Å². The van der Waals surface area contributed by atoms with Crippen molar-refractivity contribution in [3.8, 4) is 0 Å². The standard InChI is InChI=1S/C14H18Cl2N2O2/c1-7(2)12(13(17)19)18-14(20)8(3)11-9(15)5-4-6-10(11)16/h4-8,12H,1-3H3,(H2,17,19)(H,18,20)/t8-,12-/m1/s1. The first-order valence-corrected chi connectivity index (χ1v) is 7.04. The van der Waals surface area contributed by atoms with Crippen molar-refractivity contribution < 1.29 is 9.59 Å². The Morgan fingerprint density at radius 2 is 1.65 bits per heavy atom. The van der Waals surface area contributed by atoms with E-state index in [0.29, 0.717) is 15.6 Å². The van der Waals surface area contributed by atoms with Crippen LogP contribution in [-0.2, 0) is 9.59 Å². The summed E-state index contributed by atoms with van der Waals surface area (Å²) in [5.41, 5.74) is 5.82. The summed E-state index contributed by atoms with van der Waals surface area (Å²) in [7, 11) is 0. The number of nitrogens with one attached hydrogen (secondary N) is 1. The quantitative estimate of drug-likeness (QED) is 0.876. The number of carbonyl (C=O) groups is 2. The fourth-order valence-electron chi connectivity index (χ4n) is 1.90. The van der Waals surface area contributed by atoms with E-state index in [2.05, 4.69) is 5.32 Å². The van der Waals surface area contributed by atoms with Crippen LogP contribution in [-0.4, -0.2) is 17.9 Å². The van der Waals surface area contributed by atoms with Gasteiger partial charge in [-0.3, -0.25) is 9.59 Å². The maximum Gasteiger partial charge on any atom is 0.240 e. The molecule has 3 N–H and O–H groups in total. The SMILES string of the molecule is CC(C)[C@@H](NC(=O)[C@H](C)c1c(Cl)cccc1Cl)C(N)=O. The summed E-state index contributed by atoms with van der Waals surface area (Å²) in [6.07, 6.45) is 0. The molecule has 20 heavy (non-hydrogen) atoms. The lowest BCUT2D eigenvalue weighted by atomic mass is 9.98. The summed E-state index contributed by atoms with van der Waals surface area (Å²) in [4.78, 5) is 23.6. The van der Waals surface area contributed by atoms with Gasteiger partial charge in [0.05, 0.1) is 5.92 Å². The Morgan fingerprint density at radius 1 is 1.15 bits per heavy atom. The first-order valence-electron chi connectivity index (χ1n) is 6.29. The van der Waals surface area contributed by atoms with Crippen LogP contribution in [0.3, 0.4) is 0 Å². The summed E-state index contributed by atoms with van der Waals surface area (Å²) in [5.74, 6) is -1.56. The monoisotopic (exact) mass is 316 g/mol. The third-order valence-corrected chi connectivity index (χ3v) is 3.76. The van der Waals surface area contributed by atoms with Gasteiger partial charge in [-0.15, -0.1) is 0 Å². The number of hydrogen-bond donors (Lipinski definition) is 2. The summed E-state index contributed by atoms with van der Waals surface area (Å²) in [5, 5.41) is 3.47. The molecule has 0 spiro atoms. The van der Waals surface area contributed by atoms with Gasteiger partial charge in [0, 0.05) is 15.6 Å². The van der Waals surface area contributed by atoms with Crippen LogP contribution in [0.25, 0.3) is 0 Å². The first-order chi connectivity index (χ1) is 9.25. The number of amides is 2. The Balaban J connectivity index is 2.95. The van der Waals surface area contributed by atoms with E-state index in [-0.39, 0.29) is 11.8 Å². The molecule has 2 atom stereocenters. The highest BCUT2D eigenvalue weighted by molar-refractivity contribution is 6.36. The van der Waals surface area contributed by atoms with Crippen molar-refractivity contribution in [3.05, 3.63) is 33.8 Å². The third-order valence-electron chi connectivity index (χ3n) is 3.10. The van der Waals surface area contributed by atoms with Crippen LogP contribution in [0.4, 0.5) is 0 Å². The molecule has 0 saturated heterocycles. The number of rotatable bonds is 5. The van der Waals surface area contributed by atoms with Gasteiger partial charge in [0.15, 0.2) is 0 Å². The van der Waals surface area contributed by atoms with Crippen molar-refractivity contribution in [1.29, 1.82) is 0 Å². The van der Waals surface area contributed by atoms with Crippen molar-refractivity contribution in [2.45, 2.75) is 32.7 Å². The number of carbonyl (C=O) groups excluding carboxylic acids is 2. The number of hydrogen-bond acceptors (Lipinski definition) is 2. The minimum Gasteiger partial charge on any atom is -0.368 e. The molecule has 0 aliphatic rings. The second-order valence-electron chi connectivity index (χ2n) is 4.99. The lowest BCUT2D eigenvalue weighted by Gasteiger charge is -2.22. The van der Waals surface area contributed by atoms with Gasteiger partial charge in [0.2, 0.25) is 11.8 Å². The third kappa shape index (κ3) is 3.87. The molecule has 0 fully saturated rings. The van der Waals surface area contributed by atoms with Gasteiger partial charge < -0.3 is 11.1 Å². The second-order valence-corrected chi connectivity index (χ2v) is 5.80. The van der Waals surface area contributed by atoms with Crippen molar-refractivity contribution in [2.24, 2.45) is 11.7 Å². The molecule has 110 valence electrons. The Morgan fingerprint density at radius 3 is 2.05 bits per heavy atom. The second kappa shape index (κ2) is 6.95. The van der Waals surface area contributed by atoms with Gasteiger partial charge >= 0.3 is 0 Å². The first kappa shape index (κ1) is 16.8. The molecule has 1 aromatic rings. The predicted octanol–water partition coefficient (Wildman–Crippen LogP) is 2.72. The van der Waals surface area contributed by atoms with Crippen LogP contribution in [0.2, 0.25) is 10.0 Å². The summed E-state index contributed by atoms with van der Waals surface area (Å²) < 4.78 is 0. The fraction of sp³-hybridized carbons (Fsp3) is 0.429.